The van der Waals surface area contributed by atoms with Crippen molar-refractivity contribution in [1.29, 1.82) is 0 Å². The van der Waals surface area contributed by atoms with Gasteiger partial charge in [-0.15, -0.1) is 0 Å². The van der Waals surface area contributed by atoms with E-state index in [4.69, 9.17) is 4.74 Å². The Balaban J connectivity index is 3.28. The summed E-state index contributed by atoms with van der Waals surface area (Å²) in [5.74, 6) is 0. The lowest BCUT2D eigenvalue weighted by molar-refractivity contribution is 0.00497. The zero-order valence-electron chi connectivity index (χ0n) is 15.5. The van der Waals surface area contributed by atoms with E-state index in [2.05, 4.69) is 13.8 Å². The fraction of sp³-hybridized carbons (Fsp3) is 1.00. The van der Waals surface area contributed by atoms with Crippen LogP contribution in [0.4, 0.5) is 0 Å². The van der Waals surface area contributed by atoms with E-state index in [1.807, 2.05) is 0 Å². The molecule has 0 aromatic rings. The van der Waals surface area contributed by atoms with Crippen LogP contribution in [0.3, 0.4) is 0 Å². The maximum absolute atomic E-state index is 9.36. The minimum Gasteiger partial charge on any atom is -0.394 e. The number of hydrogen-bond donors (Lipinski definition) is 1. The van der Waals surface area contributed by atoms with Gasteiger partial charge in [-0.05, 0) is 12.8 Å². The highest BCUT2D eigenvalue weighted by atomic mass is 16.5. The molecule has 0 aromatic heterocycles. The zero-order chi connectivity index (χ0) is 16.3. The van der Waals surface area contributed by atoms with E-state index < -0.39 is 0 Å². The van der Waals surface area contributed by atoms with Crippen molar-refractivity contribution in [3.63, 3.8) is 0 Å². The van der Waals surface area contributed by atoms with E-state index in [0.29, 0.717) is 0 Å². The molecule has 0 aromatic carbocycles. The Kier molecular flexibility index (Phi) is 18.9. The summed E-state index contributed by atoms with van der Waals surface area (Å²) < 4.78 is 5.81. The van der Waals surface area contributed by atoms with Crippen LogP contribution in [0, 0.1) is 0 Å². The van der Waals surface area contributed by atoms with Crippen molar-refractivity contribution < 1.29 is 9.84 Å². The Morgan fingerprint density at radius 3 is 1.59 bits per heavy atom. The molecule has 0 saturated heterocycles. The van der Waals surface area contributed by atoms with Gasteiger partial charge in [-0.3, -0.25) is 0 Å². The first-order valence-corrected chi connectivity index (χ1v) is 10.1. The average molecular weight is 315 g/mol. The summed E-state index contributed by atoms with van der Waals surface area (Å²) in [6, 6.07) is 0. The van der Waals surface area contributed by atoms with Crippen molar-refractivity contribution in [2.45, 2.75) is 116 Å². The molecule has 0 rings (SSSR count). The molecular formula is C20H42O2. The Bertz CT molecular complexity index is 194. The molecule has 0 saturated carbocycles. The highest BCUT2D eigenvalue weighted by Crippen LogP contribution is 2.12. The van der Waals surface area contributed by atoms with Crippen molar-refractivity contribution in [3.8, 4) is 0 Å². The number of rotatable bonds is 18. The second kappa shape index (κ2) is 19.0. The molecular weight excluding hydrogens is 272 g/mol. The first kappa shape index (κ1) is 21.9. The fourth-order valence-corrected chi connectivity index (χ4v) is 2.87. The summed E-state index contributed by atoms with van der Waals surface area (Å²) in [5.41, 5.74) is 0. The summed E-state index contributed by atoms with van der Waals surface area (Å²) in [7, 11) is 0. The second-order valence-electron chi connectivity index (χ2n) is 6.71. The van der Waals surface area contributed by atoms with Crippen LogP contribution >= 0.6 is 0 Å². The topological polar surface area (TPSA) is 29.5 Å². The Morgan fingerprint density at radius 1 is 0.636 bits per heavy atom. The number of aliphatic hydroxyl groups excluding tert-OH is 1. The van der Waals surface area contributed by atoms with Gasteiger partial charge in [-0.25, -0.2) is 0 Å². The van der Waals surface area contributed by atoms with Gasteiger partial charge in [0.15, 0.2) is 0 Å². The molecule has 0 spiro atoms. The highest BCUT2D eigenvalue weighted by Gasteiger charge is 2.06. The summed E-state index contributed by atoms with van der Waals surface area (Å²) in [6.45, 7) is 5.53. The molecule has 1 atom stereocenters. The van der Waals surface area contributed by atoms with Crippen LogP contribution in [0.2, 0.25) is 0 Å². The number of unbranched alkanes of at least 4 members (excludes halogenated alkanes) is 12. The molecule has 0 heterocycles. The van der Waals surface area contributed by atoms with Crippen LogP contribution < -0.4 is 0 Å². The van der Waals surface area contributed by atoms with Gasteiger partial charge in [0.1, 0.15) is 0 Å². The van der Waals surface area contributed by atoms with Crippen LogP contribution in [-0.2, 0) is 4.74 Å². The predicted octanol–water partition coefficient (Wildman–Crippen LogP) is 6.26. The summed E-state index contributed by atoms with van der Waals surface area (Å²) >= 11 is 0. The smallest absolute Gasteiger partial charge is 0.0805 e. The highest BCUT2D eigenvalue weighted by molar-refractivity contribution is 4.57. The molecule has 0 radical (unpaired) electrons. The normalized spacial score (nSPS) is 12.7. The van der Waals surface area contributed by atoms with E-state index in [1.165, 1.54) is 83.5 Å². The minimum atomic E-state index is 0.0794. The van der Waals surface area contributed by atoms with Crippen LogP contribution in [0.15, 0.2) is 0 Å². The van der Waals surface area contributed by atoms with Crippen molar-refractivity contribution in [2.24, 2.45) is 0 Å². The maximum atomic E-state index is 9.36. The molecule has 0 aliphatic rings. The quantitative estimate of drug-likeness (QED) is 0.303. The van der Waals surface area contributed by atoms with E-state index >= 15 is 0 Å². The van der Waals surface area contributed by atoms with Gasteiger partial charge < -0.3 is 9.84 Å². The van der Waals surface area contributed by atoms with E-state index in [0.717, 1.165) is 19.4 Å². The molecule has 2 nitrogen and oxygen atoms in total. The first-order chi connectivity index (χ1) is 10.8. The fourth-order valence-electron chi connectivity index (χ4n) is 2.87. The van der Waals surface area contributed by atoms with Crippen molar-refractivity contribution >= 4 is 0 Å². The molecule has 0 aliphatic heterocycles. The number of hydrogen-bond acceptors (Lipinski definition) is 2. The molecule has 1 unspecified atom stereocenters. The standard InChI is InChI=1S/C20H42O2/c1-3-5-7-9-11-12-14-16-18-22-20(19-21)17-15-13-10-8-6-4-2/h20-21H,3-19H2,1-2H3. The van der Waals surface area contributed by atoms with E-state index in [9.17, 15) is 5.11 Å². The summed E-state index contributed by atoms with van der Waals surface area (Å²) in [5, 5.41) is 9.36. The monoisotopic (exact) mass is 314 g/mol. The first-order valence-electron chi connectivity index (χ1n) is 10.1. The van der Waals surface area contributed by atoms with Gasteiger partial charge in [0.05, 0.1) is 12.7 Å². The SMILES string of the molecule is CCCCCCCCCCOC(CO)CCCCCCCC. The van der Waals surface area contributed by atoms with Crippen LogP contribution in [0.5, 0.6) is 0 Å². The van der Waals surface area contributed by atoms with Crippen LogP contribution in [0.25, 0.3) is 0 Å². The molecule has 0 amide bonds. The largest absolute Gasteiger partial charge is 0.394 e. The Labute approximate surface area is 140 Å². The molecule has 0 bridgehead atoms. The third-order valence-corrected chi connectivity index (χ3v) is 4.43. The van der Waals surface area contributed by atoms with Crippen molar-refractivity contribution in [3.05, 3.63) is 0 Å². The zero-order valence-corrected chi connectivity index (χ0v) is 15.5. The number of aliphatic hydroxyl groups is 1. The third kappa shape index (κ3) is 16.3. The molecule has 0 fully saturated rings. The van der Waals surface area contributed by atoms with Crippen LogP contribution in [0.1, 0.15) is 110 Å². The Morgan fingerprint density at radius 2 is 1.09 bits per heavy atom. The predicted molar refractivity (Wildman–Crippen MR) is 97.4 cm³/mol. The van der Waals surface area contributed by atoms with Gasteiger partial charge in [-0.2, -0.15) is 0 Å². The molecule has 134 valence electrons. The molecule has 0 aliphatic carbocycles. The van der Waals surface area contributed by atoms with Crippen molar-refractivity contribution in [1.82, 2.24) is 0 Å². The van der Waals surface area contributed by atoms with Crippen molar-refractivity contribution in [2.75, 3.05) is 13.2 Å². The lowest BCUT2D eigenvalue weighted by atomic mass is 10.1. The second-order valence-corrected chi connectivity index (χ2v) is 6.71. The maximum Gasteiger partial charge on any atom is 0.0805 e. The van der Waals surface area contributed by atoms with Crippen LogP contribution in [-0.4, -0.2) is 24.4 Å². The molecule has 1 N–H and O–H groups in total. The lowest BCUT2D eigenvalue weighted by Gasteiger charge is -2.15. The number of ether oxygens (including phenoxy) is 1. The van der Waals surface area contributed by atoms with Gasteiger partial charge in [0.2, 0.25) is 0 Å². The van der Waals surface area contributed by atoms with Gasteiger partial charge in [0.25, 0.3) is 0 Å². The van der Waals surface area contributed by atoms with E-state index in [1.54, 1.807) is 0 Å². The molecule has 2 heteroatoms. The minimum absolute atomic E-state index is 0.0794. The lowest BCUT2D eigenvalue weighted by Crippen LogP contribution is -2.18. The average Bonchev–Trinajstić information content (AvgIpc) is 2.54. The summed E-state index contributed by atoms with van der Waals surface area (Å²) in [4.78, 5) is 0. The van der Waals surface area contributed by atoms with E-state index in [-0.39, 0.29) is 12.7 Å². The molecule has 22 heavy (non-hydrogen) atoms. The van der Waals surface area contributed by atoms with Gasteiger partial charge >= 0.3 is 0 Å². The Hall–Kier alpha value is -0.0800. The third-order valence-electron chi connectivity index (χ3n) is 4.43. The van der Waals surface area contributed by atoms with Gasteiger partial charge in [0, 0.05) is 6.61 Å². The van der Waals surface area contributed by atoms with Gasteiger partial charge in [-0.1, -0.05) is 97.3 Å². The summed E-state index contributed by atoms with van der Waals surface area (Å²) in [6.07, 6.45) is 19.6.